The van der Waals surface area contributed by atoms with Crippen LogP contribution in [0.25, 0.3) is 0 Å². The highest BCUT2D eigenvalue weighted by Crippen LogP contribution is 2.34. The Hall–Kier alpha value is -1.46. The van der Waals surface area contributed by atoms with E-state index in [4.69, 9.17) is 4.74 Å². The molecule has 1 N–H and O–H groups in total. The fourth-order valence-electron chi connectivity index (χ4n) is 2.25. The highest BCUT2D eigenvalue weighted by Gasteiger charge is 2.22. The van der Waals surface area contributed by atoms with Crippen molar-refractivity contribution >= 4 is 15.9 Å². The summed E-state index contributed by atoms with van der Waals surface area (Å²) in [6.07, 6.45) is 0. The molecule has 0 bridgehead atoms. The maximum atomic E-state index is 14.1. The van der Waals surface area contributed by atoms with Gasteiger partial charge in [-0.2, -0.15) is 0 Å². The van der Waals surface area contributed by atoms with Gasteiger partial charge in [-0.05, 0) is 38.2 Å². The summed E-state index contributed by atoms with van der Waals surface area (Å²) in [5.41, 5.74) is 0.995. The summed E-state index contributed by atoms with van der Waals surface area (Å²) in [5, 5.41) is 3.02. The molecule has 0 fully saturated rings. The van der Waals surface area contributed by atoms with Gasteiger partial charge >= 0.3 is 0 Å². The summed E-state index contributed by atoms with van der Waals surface area (Å²) >= 11 is 3.40. The van der Waals surface area contributed by atoms with Crippen molar-refractivity contribution in [3.63, 3.8) is 0 Å². The van der Waals surface area contributed by atoms with Crippen LogP contribution in [0, 0.1) is 11.6 Å². The number of halogens is 3. The average molecular weight is 356 g/mol. The number of ether oxygens (including phenoxy) is 1. The molecule has 21 heavy (non-hydrogen) atoms. The molecule has 5 heteroatoms. The molecule has 0 aromatic heterocycles. The van der Waals surface area contributed by atoms with E-state index < -0.39 is 17.7 Å². The summed E-state index contributed by atoms with van der Waals surface area (Å²) in [4.78, 5) is 0. The monoisotopic (exact) mass is 355 g/mol. The van der Waals surface area contributed by atoms with Crippen LogP contribution < -0.4 is 10.1 Å². The minimum absolute atomic E-state index is 0.247. The molecule has 2 aromatic carbocycles. The zero-order chi connectivity index (χ0) is 15.4. The second-order valence-corrected chi connectivity index (χ2v) is 5.40. The molecule has 2 aromatic rings. The smallest absolute Gasteiger partial charge is 0.163 e. The van der Waals surface area contributed by atoms with Crippen molar-refractivity contribution in [2.45, 2.75) is 13.0 Å². The summed E-state index contributed by atoms with van der Waals surface area (Å²) < 4.78 is 34.0. The van der Waals surface area contributed by atoms with Gasteiger partial charge in [-0.25, -0.2) is 8.78 Å². The van der Waals surface area contributed by atoms with E-state index in [0.717, 1.165) is 16.1 Å². The lowest BCUT2D eigenvalue weighted by Crippen LogP contribution is -2.20. The maximum absolute atomic E-state index is 14.1. The quantitative estimate of drug-likeness (QED) is 0.856. The lowest BCUT2D eigenvalue weighted by Gasteiger charge is -2.21. The molecule has 0 aliphatic heterocycles. The third-order valence-electron chi connectivity index (χ3n) is 3.16. The second-order valence-electron chi connectivity index (χ2n) is 4.48. The van der Waals surface area contributed by atoms with Gasteiger partial charge in [0.2, 0.25) is 0 Å². The lowest BCUT2D eigenvalue weighted by atomic mass is 9.97. The van der Waals surface area contributed by atoms with E-state index in [0.29, 0.717) is 12.4 Å². The van der Waals surface area contributed by atoms with Crippen LogP contribution in [0.15, 0.2) is 40.9 Å². The van der Waals surface area contributed by atoms with Crippen LogP contribution in [0.3, 0.4) is 0 Å². The molecule has 0 amide bonds. The molecular formula is C16H16BrF2NO. The SMILES string of the molecule is CCOc1ccc(Br)cc1C(NC)c1cccc(F)c1F. The van der Waals surface area contributed by atoms with Crippen LogP contribution >= 0.6 is 15.9 Å². The average Bonchev–Trinajstić information content (AvgIpc) is 2.47. The van der Waals surface area contributed by atoms with E-state index in [1.54, 1.807) is 13.1 Å². The predicted molar refractivity (Wildman–Crippen MR) is 82.6 cm³/mol. The molecule has 112 valence electrons. The molecule has 0 aliphatic rings. The van der Waals surface area contributed by atoms with Crippen molar-refractivity contribution in [2.75, 3.05) is 13.7 Å². The van der Waals surface area contributed by atoms with E-state index in [9.17, 15) is 8.78 Å². The van der Waals surface area contributed by atoms with Crippen molar-refractivity contribution in [2.24, 2.45) is 0 Å². The Labute approximate surface area is 131 Å². The third kappa shape index (κ3) is 3.41. The standard InChI is InChI=1S/C16H16BrF2NO/c1-3-21-14-8-7-10(17)9-12(14)16(20-2)11-5-4-6-13(18)15(11)19/h4-9,16,20H,3H2,1-2H3. The third-order valence-corrected chi connectivity index (χ3v) is 3.66. The van der Waals surface area contributed by atoms with E-state index in [1.165, 1.54) is 6.07 Å². The van der Waals surface area contributed by atoms with Crippen LogP contribution in [0.1, 0.15) is 24.1 Å². The van der Waals surface area contributed by atoms with Crippen LogP contribution in [0.5, 0.6) is 5.75 Å². The number of rotatable bonds is 5. The molecule has 2 rings (SSSR count). The molecule has 1 unspecified atom stereocenters. The fourth-order valence-corrected chi connectivity index (χ4v) is 2.63. The van der Waals surface area contributed by atoms with E-state index in [1.807, 2.05) is 25.1 Å². The van der Waals surface area contributed by atoms with Gasteiger partial charge in [0.25, 0.3) is 0 Å². The molecule has 0 saturated heterocycles. The van der Waals surface area contributed by atoms with E-state index in [2.05, 4.69) is 21.2 Å². The summed E-state index contributed by atoms with van der Waals surface area (Å²) in [7, 11) is 1.70. The molecule has 1 atom stereocenters. The van der Waals surface area contributed by atoms with E-state index in [-0.39, 0.29) is 5.56 Å². The Morgan fingerprint density at radius 1 is 1.19 bits per heavy atom. The molecule has 2 nitrogen and oxygen atoms in total. The first-order valence-electron chi connectivity index (χ1n) is 6.61. The second kappa shape index (κ2) is 7.00. The topological polar surface area (TPSA) is 21.3 Å². The Balaban J connectivity index is 2.55. The Morgan fingerprint density at radius 2 is 1.95 bits per heavy atom. The Morgan fingerprint density at radius 3 is 2.62 bits per heavy atom. The van der Waals surface area contributed by atoms with Gasteiger partial charge in [0, 0.05) is 15.6 Å². The van der Waals surface area contributed by atoms with Gasteiger partial charge in [-0.15, -0.1) is 0 Å². The van der Waals surface area contributed by atoms with Gasteiger partial charge in [-0.3, -0.25) is 0 Å². The van der Waals surface area contributed by atoms with Crippen molar-refractivity contribution in [3.8, 4) is 5.75 Å². The largest absolute Gasteiger partial charge is 0.494 e. The van der Waals surface area contributed by atoms with Gasteiger partial charge in [-0.1, -0.05) is 28.1 Å². The zero-order valence-corrected chi connectivity index (χ0v) is 13.4. The highest BCUT2D eigenvalue weighted by molar-refractivity contribution is 9.10. The van der Waals surface area contributed by atoms with Gasteiger partial charge in [0.1, 0.15) is 5.75 Å². The summed E-state index contributed by atoms with van der Waals surface area (Å²) in [6, 6.07) is 9.17. The highest BCUT2D eigenvalue weighted by atomic mass is 79.9. The molecule has 0 heterocycles. The van der Waals surface area contributed by atoms with Crippen LogP contribution in [0.2, 0.25) is 0 Å². The Kier molecular flexibility index (Phi) is 5.31. The van der Waals surface area contributed by atoms with Crippen LogP contribution in [-0.4, -0.2) is 13.7 Å². The van der Waals surface area contributed by atoms with Crippen molar-refractivity contribution < 1.29 is 13.5 Å². The fraction of sp³-hybridized carbons (Fsp3) is 0.250. The lowest BCUT2D eigenvalue weighted by molar-refractivity contribution is 0.333. The van der Waals surface area contributed by atoms with Gasteiger partial charge in [0.15, 0.2) is 11.6 Å². The van der Waals surface area contributed by atoms with Crippen molar-refractivity contribution in [1.29, 1.82) is 0 Å². The summed E-state index contributed by atoms with van der Waals surface area (Å²) in [6.45, 7) is 2.37. The molecule has 0 spiro atoms. The van der Waals surface area contributed by atoms with Crippen LogP contribution in [-0.2, 0) is 0 Å². The first kappa shape index (κ1) is 15.9. The zero-order valence-electron chi connectivity index (χ0n) is 11.8. The van der Waals surface area contributed by atoms with Crippen molar-refractivity contribution in [1.82, 2.24) is 5.32 Å². The molecule has 0 radical (unpaired) electrons. The maximum Gasteiger partial charge on any atom is 0.163 e. The number of hydrogen-bond acceptors (Lipinski definition) is 2. The first-order valence-corrected chi connectivity index (χ1v) is 7.41. The summed E-state index contributed by atoms with van der Waals surface area (Å²) in [5.74, 6) is -1.07. The minimum Gasteiger partial charge on any atom is -0.494 e. The Bertz CT molecular complexity index is 634. The van der Waals surface area contributed by atoms with E-state index >= 15 is 0 Å². The normalized spacial score (nSPS) is 12.2. The molecule has 0 saturated carbocycles. The van der Waals surface area contributed by atoms with Gasteiger partial charge < -0.3 is 10.1 Å². The molecule has 0 aliphatic carbocycles. The number of benzene rings is 2. The first-order chi connectivity index (χ1) is 10.1. The van der Waals surface area contributed by atoms with Crippen LogP contribution in [0.4, 0.5) is 8.78 Å². The number of hydrogen-bond donors (Lipinski definition) is 1. The molecular weight excluding hydrogens is 340 g/mol. The number of nitrogens with one attached hydrogen (secondary N) is 1. The van der Waals surface area contributed by atoms with Crippen molar-refractivity contribution in [3.05, 3.63) is 63.6 Å². The van der Waals surface area contributed by atoms with Gasteiger partial charge in [0.05, 0.1) is 12.6 Å². The minimum atomic E-state index is -0.860. The predicted octanol–water partition coefficient (Wildman–Crippen LogP) is 4.43.